The van der Waals surface area contributed by atoms with Crippen molar-refractivity contribution in [1.82, 2.24) is 4.98 Å². The topological polar surface area (TPSA) is 56.0 Å². The maximum absolute atomic E-state index is 12.2. The van der Waals surface area contributed by atoms with E-state index in [1.807, 2.05) is 0 Å². The van der Waals surface area contributed by atoms with Gasteiger partial charge in [-0.15, -0.1) is 0 Å². The number of alkyl halides is 2. The Morgan fingerprint density at radius 2 is 2.21 bits per heavy atom. The second kappa shape index (κ2) is 4.18. The largest absolute Gasteiger partial charge is 0.398 e. The summed E-state index contributed by atoms with van der Waals surface area (Å²) in [6, 6.07) is 0.984. The molecule has 1 aromatic rings. The van der Waals surface area contributed by atoms with E-state index in [1.165, 1.54) is 0 Å². The molecule has 0 aliphatic heterocycles. The minimum Gasteiger partial charge on any atom is -0.398 e. The van der Waals surface area contributed by atoms with Crippen LogP contribution in [0, 0.1) is 0 Å². The quantitative estimate of drug-likeness (QED) is 0.850. The molecule has 0 unspecified atom stereocenters. The SMILES string of the molecule is Nc1cc(C(F)F)nc(C(=O)Cl)c1Br. The summed E-state index contributed by atoms with van der Waals surface area (Å²) in [6.07, 6.45) is -2.79. The molecule has 0 aliphatic carbocycles. The second-order valence-corrected chi connectivity index (χ2v) is 3.51. The Hall–Kier alpha value is -0.750. The van der Waals surface area contributed by atoms with Crippen LogP contribution < -0.4 is 5.73 Å². The van der Waals surface area contributed by atoms with Crippen LogP contribution in [0.1, 0.15) is 22.6 Å². The highest BCUT2D eigenvalue weighted by atomic mass is 79.9. The molecule has 1 rings (SSSR count). The number of carbonyl (C=O) groups is 1. The highest BCUT2D eigenvalue weighted by Crippen LogP contribution is 2.28. The maximum Gasteiger partial charge on any atom is 0.280 e. The summed E-state index contributed by atoms with van der Waals surface area (Å²) in [4.78, 5) is 14.1. The Morgan fingerprint density at radius 3 is 2.64 bits per heavy atom. The number of nitrogen functional groups attached to an aromatic ring is 1. The van der Waals surface area contributed by atoms with E-state index in [9.17, 15) is 13.6 Å². The lowest BCUT2D eigenvalue weighted by molar-refractivity contribution is 0.107. The summed E-state index contributed by atoms with van der Waals surface area (Å²) in [5.41, 5.74) is 4.49. The molecule has 0 atom stereocenters. The van der Waals surface area contributed by atoms with Crippen molar-refractivity contribution >= 4 is 38.5 Å². The van der Waals surface area contributed by atoms with Crippen LogP contribution in [0.4, 0.5) is 14.5 Å². The fourth-order valence-electron chi connectivity index (χ4n) is 0.812. The fraction of sp³-hybridized carbons (Fsp3) is 0.143. The third kappa shape index (κ3) is 2.19. The molecule has 0 amide bonds. The molecule has 0 saturated carbocycles. The summed E-state index contributed by atoms with van der Waals surface area (Å²) in [6.45, 7) is 0. The molecule has 76 valence electrons. The average Bonchev–Trinajstić information content (AvgIpc) is 2.08. The van der Waals surface area contributed by atoms with Gasteiger partial charge in [-0.2, -0.15) is 0 Å². The van der Waals surface area contributed by atoms with Gasteiger partial charge in [0, 0.05) is 0 Å². The number of anilines is 1. The van der Waals surface area contributed by atoms with Crippen LogP contribution >= 0.6 is 27.5 Å². The summed E-state index contributed by atoms with van der Waals surface area (Å²) in [5, 5.41) is -0.939. The van der Waals surface area contributed by atoms with Gasteiger partial charge in [-0.3, -0.25) is 4.79 Å². The predicted octanol–water partition coefficient (Wildman–Crippen LogP) is 2.74. The molecule has 3 nitrogen and oxygen atoms in total. The number of hydrogen-bond acceptors (Lipinski definition) is 3. The van der Waals surface area contributed by atoms with Crippen LogP contribution in [0.3, 0.4) is 0 Å². The lowest BCUT2D eigenvalue weighted by Crippen LogP contribution is -2.04. The van der Waals surface area contributed by atoms with Gasteiger partial charge in [0.1, 0.15) is 11.4 Å². The van der Waals surface area contributed by atoms with Crippen LogP contribution in [0.2, 0.25) is 0 Å². The summed E-state index contributed by atoms with van der Waals surface area (Å²) >= 11 is 8.05. The van der Waals surface area contributed by atoms with Crippen molar-refractivity contribution in [1.29, 1.82) is 0 Å². The van der Waals surface area contributed by atoms with Gasteiger partial charge >= 0.3 is 0 Å². The first-order valence-electron chi connectivity index (χ1n) is 3.37. The number of nitrogens with zero attached hydrogens (tertiary/aromatic N) is 1. The Bertz CT molecular complexity index is 386. The van der Waals surface area contributed by atoms with Crippen LogP contribution in [0.25, 0.3) is 0 Å². The van der Waals surface area contributed by atoms with Crippen molar-refractivity contribution in [2.75, 3.05) is 5.73 Å². The molecule has 0 fully saturated rings. The van der Waals surface area contributed by atoms with E-state index in [2.05, 4.69) is 20.9 Å². The molecule has 0 saturated heterocycles. The molecule has 2 N–H and O–H groups in total. The highest BCUT2D eigenvalue weighted by molar-refractivity contribution is 9.10. The smallest absolute Gasteiger partial charge is 0.280 e. The Balaban J connectivity index is 3.35. The number of halogens is 4. The van der Waals surface area contributed by atoms with E-state index in [0.717, 1.165) is 6.07 Å². The molecule has 7 heteroatoms. The zero-order valence-corrected chi connectivity index (χ0v) is 8.94. The minimum atomic E-state index is -2.79. The molecule has 0 spiro atoms. The van der Waals surface area contributed by atoms with Gasteiger partial charge in [0.2, 0.25) is 0 Å². The Morgan fingerprint density at radius 1 is 1.64 bits per heavy atom. The van der Waals surface area contributed by atoms with Gasteiger partial charge in [0.15, 0.2) is 0 Å². The number of aromatic nitrogens is 1. The van der Waals surface area contributed by atoms with Crippen molar-refractivity contribution in [2.45, 2.75) is 6.43 Å². The minimum absolute atomic E-state index is 0.000648. The molecule has 1 heterocycles. The molecular formula is C7H4BrClF2N2O. The van der Waals surface area contributed by atoms with E-state index in [1.54, 1.807) is 0 Å². The number of pyridine rings is 1. The van der Waals surface area contributed by atoms with Crippen molar-refractivity contribution in [3.63, 3.8) is 0 Å². The zero-order valence-electron chi connectivity index (χ0n) is 6.60. The third-order valence-corrected chi connectivity index (χ3v) is 2.43. The van der Waals surface area contributed by atoms with E-state index >= 15 is 0 Å². The molecular weight excluding hydrogens is 281 g/mol. The second-order valence-electron chi connectivity index (χ2n) is 2.37. The number of rotatable bonds is 2. The van der Waals surface area contributed by atoms with Crippen LogP contribution in [0.5, 0.6) is 0 Å². The van der Waals surface area contributed by atoms with E-state index in [0.29, 0.717) is 0 Å². The fourth-order valence-corrected chi connectivity index (χ4v) is 1.45. The van der Waals surface area contributed by atoms with Crippen molar-refractivity contribution in [2.24, 2.45) is 0 Å². The third-order valence-electron chi connectivity index (χ3n) is 1.42. The van der Waals surface area contributed by atoms with Gasteiger partial charge in [-0.25, -0.2) is 13.8 Å². The summed E-state index contributed by atoms with van der Waals surface area (Å²) < 4.78 is 24.6. The van der Waals surface area contributed by atoms with Gasteiger partial charge in [-0.1, -0.05) is 0 Å². The van der Waals surface area contributed by atoms with Crippen LogP contribution in [-0.2, 0) is 0 Å². The van der Waals surface area contributed by atoms with Crippen molar-refractivity contribution in [3.05, 3.63) is 21.9 Å². The van der Waals surface area contributed by atoms with Gasteiger partial charge < -0.3 is 5.73 Å². The highest BCUT2D eigenvalue weighted by Gasteiger charge is 2.18. The maximum atomic E-state index is 12.2. The molecule has 1 aromatic heterocycles. The van der Waals surface area contributed by atoms with Gasteiger partial charge in [-0.05, 0) is 33.6 Å². The first-order valence-corrected chi connectivity index (χ1v) is 4.54. The van der Waals surface area contributed by atoms with Crippen molar-refractivity contribution in [3.8, 4) is 0 Å². The Kier molecular flexibility index (Phi) is 3.38. The predicted molar refractivity (Wildman–Crippen MR) is 51.5 cm³/mol. The van der Waals surface area contributed by atoms with E-state index in [4.69, 9.17) is 17.3 Å². The number of carbonyl (C=O) groups excluding carboxylic acids is 1. The Labute approximate surface area is 91.4 Å². The van der Waals surface area contributed by atoms with E-state index in [-0.39, 0.29) is 15.9 Å². The zero-order chi connectivity index (χ0) is 10.9. The molecule has 0 aromatic carbocycles. The standard InChI is InChI=1S/C7H4BrClF2N2O/c8-4-2(12)1-3(7(10)11)13-5(4)6(9)14/h1,7H,(H2,12,13). The molecule has 0 bridgehead atoms. The summed E-state index contributed by atoms with van der Waals surface area (Å²) in [5.74, 6) is 0. The van der Waals surface area contributed by atoms with Gasteiger partial charge in [0.05, 0.1) is 10.2 Å². The normalized spacial score (nSPS) is 10.6. The van der Waals surface area contributed by atoms with Crippen molar-refractivity contribution < 1.29 is 13.6 Å². The summed E-state index contributed by atoms with van der Waals surface area (Å²) in [7, 11) is 0. The molecule has 14 heavy (non-hydrogen) atoms. The molecule has 0 radical (unpaired) electrons. The first kappa shape index (κ1) is 11.3. The van der Waals surface area contributed by atoms with Crippen LogP contribution in [-0.4, -0.2) is 10.2 Å². The number of nitrogens with two attached hydrogens (primary N) is 1. The lowest BCUT2D eigenvalue weighted by atomic mass is 10.3. The lowest BCUT2D eigenvalue weighted by Gasteiger charge is -2.05. The van der Waals surface area contributed by atoms with Crippen LogP contribution in [0.15, 0.2) is 10.5 Å². The monoisotopic (exact) mass is 284 g/mol. The average molecular weight is 285 g/mol. The number of hydrogen-bond donors (Lipinski definition) is 1. The molecule has 0 aliphatic rings. The van der Waals surface area contributed by atoms with Gasteiger partial charge in [0.25, 0.3) is 11.7 Å². The first-order chi connectivity index (χ1) is 6.43. The van der Waals surface area contributed by atoms with E-state index < -0.39 is 17.4 Å².